The Morgan fingerprint density at radius 1 is 1.09 bits per heavy atom. The smallest absolute Gasteiger partial charge is 0.124 e. The molecule has 3 rings (SSSR count). The Kier molecular flexibility index (Phi) is 3.99. The van der Waals surface area contributed by atoms with Crippen molar-refractivity contribution >= 4 is 11.8 Å². The van der Waals surface area contributed by atoms with Crippen molar-refractivity contribution in [1.29, 1.82) is 0 Å². The number of hydrogen-bond acceptors (Lipinski definition) is 3. The third-order valence-electron chi connectivity index (χ3n) is 4.00. The average Bonchev–Trinajstić information content (AvgIpc) is 2.50. The molecule has 0 aliphatic heterocycles. The third-order valence-corrected chi connectivity index (χ3v) is 4.00. The van der Waals surface area contributed by atoms with E-state index in [9.17, 15) is 5.11 Å². The number of benzene rings is 2. The number of ether oxygens (including phenoxy) is 1. The van der Waals surface area contributed by atoms with Gasteiger partial charge in [0.2, 0.25) is 0 Å². The maximum absolute atomic E-state index is 9.95. The van der Waals surface area contributed by atoms with Crippen LogP contribution in [0.5, 0.6) is 5.75 Å². The van der Waals surface area contributed by atoms with Gasteiger partial charge < -0.3 is 14.9 Å². The lowest BCUT2D eigenvalue weighted by Crippen LogP contribution is -2.03. The molecule has 116 valence electrons. The van der Waals surface area contributed by atoms with E-state index in [0.717, 1.165) is 39.1 Å². The Bertz CT molecular complexity index is 828. The van der Waals surface area contributed by atoms with Gasteiger partial charge in [0.05, 0.1) is 6.61 Å². The summed E-state index contributed by atoms with van der Waals surface area (Å²) in [5.41, 5.74) is 6.37. The molecule has 0 atom stereocenters. The molecular formula is C20H18O3. The lowest BCUT2D eigenvalue weighted by atomic mass is 9.84. The Morgan fingerprint density at radius 2 is 1.83 bits per heavy atom. The maximum Gasteiger partial charge on any atom is 0.124 e. The van der Waals surface area contributed by atoms with Crippen LogP contribution in [0.3, 0.4) is 0 Å². The van der Waals surface area contributed by atoms with Crippen LogP contribution >= 0.6 is 0 Å². The minimum atomic E-state index is 0.345. The zero-order chi connectivity index (χ0) is 16.4. The van der Waals surface area contributed by atoms with Crippen LogP contribution in [0.25, 0.3) is 23.0 Å². The highest BCUT2D eigenvalue weighted by Crippen LogP contribution is 2.41. The van der Waals surface area contributed by atoms with E-state index in [1.807, 2.05) is 50.3 Å². The second-order valence-electron chi connectivity index (χ2n) is 5.62. The predicted molar refractivity (Wildman–Crippen MR) is 91.7 cm³/mol. The van der Waals surface area contributed by atoms with Gasteiger partial charge in [-0.3, -0.25) is 0 Å². The molecule has 2 aromatic carbocycles. The Hall–Kier alpha value is -2.86. The summed E-state index contributed by atoms with van der Waals surface area (Å²) in [5, 5.41) is 18.4. The molecule has 0 fully saturated rings. The second-order valence-corrected chi connectivity index (χ2v) is 5.62. The van der Waals surface area contributed by atoms with Crippen LogP contribution in [0.1, 0.15) is 28.7 Å². The number of aliphatic hydroxyl groups is 2. The highest BCUT2D eigenvalue weighted by Gasteiger charge is 2.22. The normalized spacial score (nSPS) is 11.7. The molecule has 1 aliphatic carbocycles. The van der Waals surface area contributed by atoms with Crippen LogP contribution in [-0.4, -0.2) is 16.8 Å². The summed E-state index contributed by atoms with van der Waals surface area (Å²) < 4.78 is 5.68. The zero-order valence-corrected chi connectivity index (χ0v) is 13.2. The van der Waals surface area contributed by atoms with Gasteiger partial charge in [-0.15, -0.1) is 0 Å². The van der Waals surface area contributed by atoms with Gasteiger partial charge in [0.1, 0.15) is 17.6 Å². The first kappa shape index (κ1) is 15.1. The Morgan fingerprint density at radius 3 is 2.48 bits per heavy atom. The van der Waals surface area contributed by atoms with Crippen molar-refractivity contribution in [2.75, 3.05) is 6.61 Å². The summed E-state index contributed by atoms with van der Waals surface area (Å²) in [4.78, 5) is 0. The monoisotopic (exact) mass is 306 g/mol. The lowest BCUT2D eigenvalue weighted by molar-refractivity contribution is 0.326. The molecule has 0 bridgehead atoms. The van der Waals surface area contributed by atoms with Crippen LogP contribution in [-0.2, 0) is 0 Å². The van der Waals surface area contributed by atoms with E-state index in [1.54, 1.807) is 6.08 Å². The van der Waals surface area contributed by atoms with Crippen molar-refractivity contribution in [3.63, 3.8) is 0 Å². The molecule has 2 N–H and O–H groups in total. The highest BCUT2D eigenvalue weighted by atomic mass is 16.5. The first-order valence-corrected chi connectivity index (χ1v) is 7.52. The molecule has 3 nitrogen and oxygen atoms in total. The van der Waals surface area contributed by atoms with Crippen molar-refractivity contribution < 1.29 is 14.9 Å². The van der Waals surface area contributed by atoms with Gasteiger partial charge in [-0.1, -0.05) is 24.1 Å². The third kappa shape index (κ3) is 2.76. The van der Waals surface area contributed by atoms with E-state index in [4.69, 9.17) is 9.84 Å². The average molecular weight is 306 g/mol. The quantitative estimate of drug-likeness (QED) is 0.648. The summed E-state index contributed by atoms with van der Waals surface area (Å²) >= 11 is 0. The number of fused-ring (bicyclic) bond motifs is 1. The molecule has 0 radical (unpaired) electrons. The van der Waals surface area contributed by atoms with Gasteiger partial charge in [0, 0.05) is 12.0 Å². The van der Waals surface area contributed by atoms with E-state index in [2.05, 4.69) is 5.92 Å². The fraction of sp³-hybridized carbons (Fsp3) is 0.200. The molecule has 2 aromatic rings. The van der Waals surface area contributed by atoms with Crippen LogP contribution in [0.2, 0.25) is 0 Å². The van der Waals surface area contributed by atoms with Crippen molar-refractivity contribution in [2.45, 2.75) is 20.3 Å². The molecule has 23 heavy (non-hydrogen) atoms. The molecule has 0 amide bonds. The molecule has 0 unspecified atom stereocenters. The minimum Gasteiger partial charge on any atom is -0.507 e. The summed E-state index contributed by atoms with van der Waals surface area (Å²) in [6.07, 6.45) is 4.14. The highest BCUT2D eigenvalue weighted by molar-refractivity contribution is 5.99. The van der Waals surface area contributed by atoms with Crippen LogP contribution in [0.4, 0.5) is 0 Å². The van der Waals surface area contributed by atoms with Gasteiger partial charge >= 0.3 is 0 Å². The first-order chi connectivity index (χ1) is 11.1. The van der Waals surface area contributed by atoms with E-state index < -0.39 is 0 Å². The Balaban J connectivity index is 1.93. The summed E-state index contributed by atoms with van der Waals surface area (Å²) in [6, 6.07) is 10.0. The fourth-order valence-electron chi connectivity index (χ4n) is 3.03. The van der Waals surface area contributed by atoms with Crippen LogP contribution in [0, 0.1) is 25.9 Å². The van der Waals surface area contributed by atoms with Crippen LogP contribution < -0.4 is 4.74 Å². The van der Waals surface area contributed by atoms with Gasteiger partial charge in [0.15, 0.2) is 0 Å². The van der Waals surface area contributed by atoms with Crippen molar-refractivity contribution in [3.05, 3.63) is 52.6 Å². The molecular weight excluding hydrogens is 288 g/mol. The van der Waals surface area contributed by atoms with E-state index in [0.29, 0.717) is 18.8 Å². The minimum absolute atomic E-state index is 0.345. The largest absolute Gasteiger partial charge is 0.507 e. The first-order valence-electron chi connectivity index (χ1n) is 7.52. The second kappa shape index (κ2) is 6.10. The molecule has 0 spiro atoms. The zero-order valence-electron chi connectivity index (χ0n) is 13.2. The lowest BCUT2D eigenvalue weighted by Gasteiger charge is -2.22. The van der Waals surface area contributed by atoms with E-state index in [1.165, 1.54) is 0 Å². The number of aliphatic hydroxyl groups excluding tert-OH is 2. The topological polar surface area (TPSA) is 49.7 Å². The summed E-state index contributed by atoms with van der Waals surface area (Å²) in [5.74, 6) is 3.69. The van der Waals surface area contributed by atoms with Crippen molar-refractivity contribution in [2.24, 2.45) is 0 Å². The SMILES string of the molecule is Cc1cc(OCCC#CO)cc(C)c1-c1cccc2c1C(O)=C2. The molecule has 0 saturated heterocycles. The van der Waals surface area contributed by atoms with Gasteiger partial charge in [0.25, 0.3) is 0 Å². The maximum atomic E-state index is 9.95. The number of hydrogen-bond donors (Lipinski definition) is 2. The van der Waals surface area contributed by atoms with E-state index in [-0.39, 0.29) is 0 Å². The predicted octanol–water partition coefficient (Wildman–Crippen LogP) is 4.44. The fourth-order valence-corrected chi connectivity index (χ4v) is 3.03. The van der Waals surface area contributed by atoms with E-state index >= 15 is 0 Å². The van der Waals surface area contributed by atoms with Gasteiger partial charge in [-0.2, -0.15) is 0 Å². The van der Waals surface area contributed by atoms with Gasteiger partial charge in [-0.05, 0) is 59.9 Å². The molecule has 3 heteroatoms. The molecule has 0 heterocycles. The van der Waals surface area contributed by atoms with Crippen LogP contribution in [0.15, 0.2) is 30.3 Å². The summed E-state index contributed by atoms with van der Waals surface area (Å²) in [6.45, 7) is 4.53. The molecule has 0 aromatic heterocycles. The number of rotatable bonds is 4. The summed E-state index contributed by atoms with van der Waals surface area (Å²) in [7, 11) is 0. The van der Waals surface area contributed by atoms with Gasteiger partial charge in [-0.25, -0.2) is 0 Å². The standard InChI is InChI=1S/C20H18O3/c1-13-10-16(23-9-4-3-8-21)11-14(2)19(13)17-7-5-6-15-12-18(22)20(15)17/h5-7,10-12,21-22H,4,9H2,1-2H3. The number of aryl methyl sites for hydroxylation is 2. The van der Waals surface area contributed by atoms with Crippen molar-refractivity contribution in [1.82, 2.24) is 0 Å². The Labute approximate surface area is 135 Å². The molecule has 0 saturated carbocycles. The van der Waals surface area contributed by atoms with Crippen molar-refractivity contribution in [3.8, 4) is 28.9 Å². The molecule has 1 aliphatic rings.